The molecule has 0 aliphatic heterocycles. The topological polar surface area (TPSA) is 49.6 Å². The fourth-order valence-electron chi connectivity index (χ4n) is 2.29. The van der Waals surface area contributed by atoms with E-state index in [1.807, 2.05) is 11.8 Å². The maximum atomic E-state index is 12.2. The molecule has 0 aromatic heterocycles. The summed E-state index contributed by atoms with van der Waals surface area (Å²) in [5, 5.41) is 0. The summed E-state index contributed by atoms with van der Waals surface area (Å²) in [7, 11) is 0. The molecule has 0 fully saturated rings. The molecule has 0 aliphatic carbocycles. The molecule has 0 spiro atoms. The molecule has 0 aliphatic rings. The lowest BCUT2D eigenvalue weighted by molar-refractivity contribution is -0.132. The van der Waals surface area contributed by atoms with Crippen LogP contribution < -0.4 is 5.73 Å². The fourth-order valence-corrected chi connectivity index (χ4v) is 2.29. The average Bonchev–Trinajstić information content (AvgIpc) is 2.37. The van der Waals surface area contributed by atoms with E-state index in [0.717, 1.165) is 45.6 Å². The summed E-state index contributed by atoms with van der Waals surface area (Å²) in [6, 6.07) is -0.339. The Morgan fingerprint density at radius 2 is 1.63 bits per heavy atom. The highest BCUT2D eigenvalue weighted by Gasteiger charge is 2.20. The average molecular weight is 271 g/mol. The molecule has 0 aromatic rings. The van der Waals surface area contributed by atoms with Gasteiger partial charge in [0.15, 0.2) is 0 Å². The number of hydrogen-bond acceptors (Lipinski definition) is 3. The maximum Gasteiger partial charge on any atom is 0.239 e. The van der Waals surface area contributed by atoms with E-state index < -0.39 is 0 Å². The van der Waals surface area contributed by atoms with Crippen LogP contribution in [0.2, 0.25) is 0 Å². The number of carbonyl (C=O) groups is 1. The molecule has 19 heavy (non-hydrogen) atoms. The number of rotatable bonds is 10. The summed E-state index contributed by atoms with van der Waals surface area (Å²) < 4.78 is 0. The maximum absolute atomic E-state index is 12.2. The van der Waals surface area contributed by atoms with Gasteiger partial charge in [-0.05, 0) is 45.3 Å². The van der Waals surface area contributed by atoms with Gasteiger partial charge in [-0.25, -0.2) is 0 Å². The number of hydrogen-bond donors (Lipinski definition) is 1. The molecule has 1 unspecified atom stereocenters. The van der Waals surface area contributed by atoms with Crippen LogP contribution >= 0.6 is 0 Å². The van der Waals surface area contributed by atoms with Crippen molar-refractivity contribution in [3.8, 4) is 0 Å². The van der Waals surface area contributed by atoms with Gasteiger partial charge in [0.05, 0.1) is 6.04 Å². The third-order valence-corrected chi connectivity index (χ3v) is 3.53. The number of amides is 1. The Balaban J connectivity index is 4.15. The molecule has 1 atom stereocenters. The molecule has 0 radical (unpaired) electrons. The van der Waals surface area contributed by atoms with E-state index in [9.17, 15) is 4.79 Å². The number of likely N-dealkylation sites (N-methyl/N-ethyl adjacent to an activating group) is 1. The summed E-state index contributed by atoms with van der Waals surface area (Å²) in [5.41, 5.74) is 5.98. The lowest BCUT2D eigenvalue weighted by Gasteiger charge is -2.26. The Bertz CT molecular complexity index is 240. The predicted molar refractivity (Wildman–Crippen MR) is 82.1 cm³/mol. The van der Waals surface area contributed by atoms with E-state index in [0.29, 0.717) is 5.92 Å². The van der Waals surface area contributed by atoms with Crippen molar-refractivity contribution < 1.29 is 4.79 Å². The van der Waals surface area contributed by atoms with E-state index in [-0.39, 0.29) is 11.9 Å². The van der Waals surface area contributed by atoms with E-state index in [1.54, 1.807) is 0 Å². The fraction of sp³-hybridized carbons (Fsp3) is 0.933. The molecular weight excluding hydrogens is 238 g/mol. The normalized spacial score (nSPS) is 13.1. The van der Waals surface area contributed by atoms with Crippen LogP contribution in [0.15, 0.2) is 0 Å². The van der Waals surface area contributed by atoms with Crippen LogP contribution in [0.5, 0.6) is 0 Å². The lowest BCUT2D eigenvalue weighted by atomic mass is 10.0. The van der Waals surface area contributed by atoms with Crippen LogP contribution in [-0.4, -0.2) is 54.5 Å². The Morgan fingerprint density at radius 1 is 1.05 bits per heavy atom. The smallest absolute Gasteiger partial charge is 0.239 e. The van der Waals surface area contributed by atoms with Gasteiger partial charge in [0.25, 0.3) is 0 Å². The van der Waals surface area contributed by atoms with E-state index in [1.165, 1.54) is 0 Å². The highest BCUT2D eigenvalue weighted by Crippen LogP contribution is 2.06. The Kier molecular flexibility index (Phi) is 9.88. The molecule has 2 N–H and O–H groups in total. The van der Waals surface area contributed by atoms with Crippen molar-refractivity contribution in [3.05, 3.63) is 0 Å². The Labute approximate surface area is 119 Å². The van der Waals surface area contributed by atoms with Gasteiger partial charge in [-0.3, -0.25) is 4.79 Å². The minimum absolute atomic E-state index is 0.107. The molecule has 0 rings (SSSR count). The van der Waals surface area contributed by atoms with Gasteiger partial charge >= 0.3 is 0 Å². The monoisotopic (exact) mass is 271 g/mol. The lowest BCUT2D eigenvalue weighted by Crippen LogP contribution is -2.45. The second-order valence-corrected chi connectivity index (χ2v) is 5.53. The van der Waals surface area contributed by atoms with E-state index >= 15 is 0 Å². The Hall–Kier alpha value is -0.610. The van der Waals surface area contributed by atoms with Gasteiger partial charge in [0.2, 0.25) is 5.91 Å². The quantitative estimate of drug-likeness (QED) is 0.660. The number of carbonyl (C=O) groups excluding carboxylic acids is 1. The van der Waals surface area contributed by atoms with Crippen LogP contribution in [0.25, 0.3) is 0 Å². The van der Waals surface area contributed by atoms with Crippen LogP contribution in [0.3, 0.4) is 0 Å². The second-order valence-electron chi connectivity index (χ2n) is 5.53. The van der Waals surface area contributed by atoms with Gasteiger partial charge in [0.1, 0.15) is 0 Å². The van der Waals surface area contributed by atoms with Crippen LogP contribution in [0, 0.1) is 5.92 Å². The molecule has 1 amide bonds. The van der Waals surface area contributed by atoms with Crippen molar-refractivity contribution >= 4 is 5.91 Å². The summed E-state index contributed by atoms with van der Waals surface area (Å²) in [6.45, 7) is 15.3. The molecule has 4 nitrogen and oxygen atoms in total. The molecular formula is C15H33N3O. The molecule has 0 saturated heterocycles. The third-order valence-electron chi connectivity index (χ3n) is 3.53. The standard InChI is InChI=1S/C15H33N3O/c1-6-17(7-2)10-9-11-18(8-3)15(19)14(16)12-13(4)5/h13-14H,6-12,16H2,1-5H3. The van der Waals surface area contributed by atoms with Crippen molar-refractivity contribution in [2.24, 2.45) is 11.7 Å². The van der Waals surface area contributed by atoms with Crippen molar-refractivity contribution in [3.63, 3.8) is 0 Å². The highest BCUT2D eigenvalue weighted by atomic mass is 16.2. The first-order chi connectivity index (χ1) is 8.96. The van der Waals surface area contributed by atoms with E-state index in [2.05, 4.69) is 32.6 Å². The van der Waals surface area contributed by atoms with Gasteiger partial charge in [-0.2, -0.15) is 0 Å². The van der Waals surface area contributed by atoms with Crippen LogP contribution in [0.4, 0.5) is 0 Å². The predicted octanol–water partition coefficient (Wildman–Crippen LogP) is 1.94. The molecule has 114 valence electrons. The summed E-state index contributed by atoms with van der Waals surface area (Å²) in [4.78, 5) is 16.5. The van der Waals surface area contributed by atoms with Crippen LogP contribution in [-0.2, 0) is 4.79 Å². The van der Waals surface area contributed by atoms with E-state index in [4.69, 9.17) is 5.73 Å². The van der Waals surface area contributed by atoms with Crippen LogP contribution in [0.1, 0.15) is 47.5 Å². The summed E-state index contributed by atoms with van der Waals surface area (Å²) in [5.74, 6) is 0.573. The summed E-state index contributed by atoms with van der Waals surface area (Å²) in [6.07, 6.45) is 1.79. The van der Waals surface area contributed by atoms with Gasteiger partial charge in [-0.1, -0.05) is 27.7 Å². The van der Waals surface area contributed by atoms with Gasteiger partial charge < -0.3 is 15.5 Å². The zero-order chi connectivity index (χ0) is 14.8. The largest absolute Gasteiger partial charge is 0.342 e. The van der Waals surface area contributed by atoms with Gasteiger partial charge in [-0.15, -0.1) is 0 Å². The zero-order valence-corrected chi connectivity index (χ0v) is 13.5. The summed E-state index contributed by atoms with van der Waals surface area (Å²) >= 11 is 0. The van der Waals surface area contributed by atoms with Crippen molar-refractivity contribution in [2.75, 3.05) is 32.7 Å². The first kappa shape index (κ1) is 18.4. The highest BCUT2D eigenvalue weighted by molar-refractivity contribution is 5.81. The molecule has 0 bridgehead atoms. The van der Waals surface area contributed by atoms with Gasteiger partial charge in [0, 0.05) is 13.1 Å². The minimum atomic E-state index is -0.339. The SMILES string of the molecule is CCN(CC)CCCN(CC)C(=O)C(N)CC(C)C. The number of nitrogens with zero attached hydrogens (tertiary/aromatic N) is 2. The van der Waals surface area contributed by atoms with Crippen molar-refractivity contribution in [2.45, 2.75) is 53.5 Å². The van der Waals surface area contributed by atoms with Crippen molar-refractivity contribution in [1.82, 2.24) is 9.80 Å². The Morgan fingerprint density at radius 3 is 2.05 bits per heavy atom. The molecule has 0 aromatic carbocycles. The zero-order valence-electron chi connectivity index (χ0n) is 13.5. The molecule has 0 heterocycles. The minimum Gasteiger partial charge on any atom is -0.342 e. The molecule has 0 saturated carbocycles. The third kappa shape index (κ3) is 7.53. The van der Waals surface area contributed by atoms with Crippen molar-refractivity contribution in [1.29, 1.82) is 0 Å². The first-order valence-corrected chi connectivity index (χ1v) is 7.72. The number of nitrogens with two attached hydrogens (primary N) is 1. The first-order valence-electron chi connectivity index (χ1n) is 7.72. The second kappa shape index (κ2) is 10.2. The molecule has 4 heteroatoms.